The van der Waals surface area contributed by atoms with E-state index in [-0.39, 0.29) is 17.5 Å². The van der Waals surface area contributed by atoms with Gasteiger partial charge >= 0.3 is 0 Å². The first-order chi connectivity index (χ1) is 9.47. The monoisotopic (exact) mass is 272 g/mol. The molecule has 0 amide bonds. The van der Waals surface area contributed by atoms with Gasteiger partial charge in [-0.25, -0.2) is 5.10 Å². The lowest BCUT2D eigenvalue weighted by Crippen LogP contribution is -2.17. The van der Waals surface area contributed by atoms with Crippen LogP contribution in [-0.4, -0.2) is 22.1 Å². The van der Waals surface area contributed by atoms with Crippen molar-refractivity contribution < 1.29 is 9.53 Å². The van der Waals surface area contributed by atoms with Gasteiger partial charge in [0.1, 0.15) is 5.75 Å². The van der Waals surface area contributed by atoms with Gasteiger partial charge in [0.25, 0.3) is 5.56 Å². The van der Waals surface area contributed by atoms with Gasteiger partial charge in [0, 0.05) is 5.56 Å². The lowest BCUT2D eigenvalue weighted by atomic mass is 10.1. The SMILES string of the molecule is CC(=O)c1cc(-c2ccc(OC(C)C)cc2)n[nH]c1=O. The quantitative estimate of drug-likeness (QED) is 0.868. The Morgan fingerprint density at radius 1 is 1.25 bits per heavy atom. The van der Waals surface area contributed by atoms with Crippen LogP contribution in [0, 0.1) is 0 Å². The fourth-order valence-electron chi connectivity index (χ4n) is 1.79. The predicted molar refractivity (Wildman–Crippen MR) is 76.1 cm³/mol. The minimum absolute atomic E-state index is 0.108. The minimum Gasteiger partial charge on any atom is -0.491 e. The van der Waals surface area contributed by atoms with Crippen molar-refractivity contribution in [1.82, 2.24) is 10.2 Å². The van der Waals surface area contributed by atoms with Crippen LogP contribution >= 0.6 is 0 Å². The zero-order valence-corrected chi connectivity index (χ0v) is 11.6. The molecule has 0 aliphatic carbocycles. The number of aromatic amines is 1. The molecule has 0 unspecified atom stereocenters. The first-order valence-corrected chi connectivity index (χ1v) is 6.35. The van der Waals surface area contributed by atoms with E-state index in [0.29, 0.717) is 5.69 Å². The van der Waals surface area contributed by atoms with Crippen molar-refractivity contribution in [1.29, 1.82) is 0 Å². The van der Waals surface area contributed by atoms with E-state index in [1.807, 2.05) is 38.1 Å². The highest BCUT2D eigenvalue weighted by Crippen LogP contribution is 2.21. The van der Waals surface area contributed by atoms with Crippen LogP contribution in [0.2, 0.25) is 0 Å². The highest BCUT2D eigenvalue weighted by atomic mass is 16.5. The second-order valence-corrected chi connectivity index (χ2v) is 4.74. The molecule has 5 nitrogen and oxygen atoms in total. The van der Waals surface area contributed by atoms with Crippen LogP contribution in [0.5, 0.6) is 5.75 Å². The third kappa shape index (κ3) is 3.12. The topological polar surface area (TPSA) is 72.0 Å². The molecule has 0 aliphatic heterocycles. The summed E-state index contributed by atoms with van der Waals surface area (Å²) in [4.78, 5) is 22.8. The van der Waals surface area contributed by atoms with E-state index in [1.54, 1.807) is 0 Å². The highest BCUT2D eigenvalue weighted by molar-refractivity contribution is 5.94. The summed E-state index contributed by atoms with van der Waals surface area (Å²) in [6.07, 6.45) is 0.108. The number of ketones is 1. The lowest BCUT2D eigenvalue weighted by molar-refractivity contribution is 0.101. The van der Waals surface area contributed by atoms with E-state index in [0.717, 1.165) is 11.3 Å². The molecule has 5 heteroatoms. The molecule has 1 heterocycles. The van der Waals surface area contributed by atoms with Crippen LogP contribution in [-0.2, 0) is 0 Å². The van der Waals surface area contributed by atoms with Crippen molar-refractivity contribution in [2.75, 3.05) is 0 Å². The zero-order chi connectivity index (χ0) is 14.7. The standard InChI is InChI=1S/C15H16N2O3/c1-9(2)20-12-6-4-11(5-7-12)14-8-13(10(3)18)15(19)17-16-14/h4-9H,1-3H3,(H,17,19). The molecular formula is C15H16N2O3. The number of ether oxygens (including phenoxy) is 1. The third-order valence-corrected chi connectivity index (χ3v) is 2.70. The summed E-state index contributed by atoms with van der Waals surface area (Å²) in [5.41, 5.74) is 0.990. The summed E-state index contributed by atoms with van der Waals surface area (Å²) in [6.45, 7) is 5.26. The van der Waals surface area contributed by atoms with Crippen LogP contribution in [0.15, 0.2) is 35.1 Å². The Morgan fingerprint density at radius 2 is 1.90 bits per heavy atom. The number of carbonyl (C=O) groups is 1. The Kier molecular flexibility index (Phi) is 3.98. The normalized spacial score (nSPS) is 10.6. The number of carbonyl (C=O) groups excluding carboxylic acids is 1. The molecule has 20 heavy (non-hydrogen) atoms. The Morgan fingerprint density at radius 3 is 2.45 bits per heavy atom. The Hall–Kier alpha value is -2.43. The fourth-order valence-corrected chi connectivity index (χ4v) is 1.79. The molecule has 0 saturated heterocycles. The maximum Gasteiger partial charge on any atom is 0.275 e. The van der Waals surface area contributed by atoms with Gasteiger partial charge < -0.3 is 4.74 Å². The Labute approximate surface area is 116 Å². The fraction of sp³-hybridized carbons (Fsp3) is 0.267. The van der Waals surface area contributed by atoms with Crippen molar-refractivity contribution >= 4 is 5.78 Å². The van der Waals surface area contributed by atoms with E-state index in [4.69, 9.17) is 4.74 Å². The van der Waals surface area contributed by atoms with Crippen LogP contribution < -0.4 is 10.3 Å². The smallest absolute Gasteiger partial charge is 0.275 e. The van der Waals surface area contributed by atoms with Gasteiger partial charge in [-0.1, -0.05) is 0 Å². The second kappa shape index (κ2) is 5.69. The number of H-pyrrole nitrogens is 1. The number of rotatable bonds is 4. The molecule has 2 aromatic rings. The van der Waals surface area contributed by atoms with E-state index in [1.165, 1.54) is 13.0 Å². The number of hydrogen-bond acceptors (Lipinski definition) is 4. The molecule has 1 N–H and O–H groups in total. The summed E-state index contributed by atoms with van der Waals surface area (Å²) in [5, 5.41) is 6.29. The first kappa shape index (κ1) is 14.0. The molecule has 0 spiro atoms. The molecule has 0 bridgehead atoms. The maximum atomic E-state index is 11.5. The average Bonchev–Trinajstić information content (AvgIpc) is 2.39. The summed E-state index contributed by atoms with van der Waals surface area (Å²) in [6, 6.07) is 8.83. The summed E-state index contributed by atoms with van der Waals surface area (Å²) in [7, 11) is 0. The molecular weight excluding hydrogens is 256 g/mol. The van der Waals surface area contributed by atoms with Gasteiger partial charge in [0.05, 0.1) is 17.4 Å². The predicted octanol–water partition coefficient (Wildman–Crippen LogP) is 2.43. The molecule has 0 fully saturated rings. The first-order valence-electron chi connectivity index (χ1n) is 6.35. The molecule has 0 atom stereocenters. The molecule has 2 rings (SSSR count). The van der Waals surface area contributed by atoms with Gasteiger partial charge in [-0.3, -0.25) is 9.59 Å². The van der Waals surface area contributed by atoms with Crippen molar-refractivity contribution in [3.8, 4) is 17.0 Å². The molecule has 104 valence electrons. The van der Waals surface area contributed by atoms with Crippen molar-refractivity contribution in [3.63, 3.8) is 0 Å². The van der Waals surface area contributed by atoms with Crippen LogP contribution in [0.25, 0.3) is 11.3 Å². The number of Topliss-reactive ketones (excluding diaryl/α,β-unsaturated/α-hetero) is 1. The zero-order valence-electron chi connectivity index (χ0n) is 11.6. The van der Waals surface area contributed by atoms with E-state index in [2.05, 4.69) is 10.2 Å². The van der Waals surface area contributed by atoms with Crippen molar-refractivity contribution in [2.24, 2.45) is 0 Å². The van der Waals surface area contributed by atoms with Crippen LogP contribution in [0.1, 0.15) is 31.1 Å². The van der Waals surface area contributed by atoms with Crippen molar-refractivity contribution in [3.05, 3.63) is 46.2 Å². The molecule has 0 saturated carbocycles. The van der Waals surface area contributed by atoms with E-state index < -0.39 is 5.56 Å². The second-order valence-electron chi connectivity index (χ2n) is 4.74. The van der Waals surface area contributed by atoms with Crippen LogP contribution in [0.3, 0.4) is 0 Å². The van der Waals surface area contributed by atoms with Gasteiger partial charge in [-0.2, -0.15) is 5.10 Å². The third-order valence-electron chi connectivity index (χ3n) is 2.70. The van der Waals surface area contributed by atoms with Gasteiger partial charge in [0.15, 0.2) is 5.78 Å². The summed E-state index contributed by atoms with van der Waals surface area (Å²) in [5.74, 6) is 0.481. The lowest BCUT2D eigenvalue weighted by Gasteiger charge is -2.10. The summed E-state index contributed by atoms with van der Waals surface area (Å²) < 4.78 is 5.55. The highest BCUT2D eigenvalue weighted by Gasteiger charge is 2.09. The molecule has 0 radical (unpaired) electrons. The molecule has 1 aromatic heterocycles. The van der Waals surface area contributed by atoms with Gasteiger partial charge in [-0.05, 0) is 51.1 Å². The van der Waals surface area contributed by atoms with E-state index in [9.17, 15) is 9.59 Å². The summed E-state index contributed by atoms with van der Waals surface area (Å²) >= 11 is 0. The molecule has 0 aliphatic rings. The Balaban J connectivity index is 2.34. The van der Waals surface area contributed by atoms with Gasteiger partial charge in [-0.15, -0.1) is 0 Å². The minimum atomic E-state index is -0.471. The van der Waals surface area contributed by atoms with Gasteiger partial charge in [0.2, 0.25) is 0 Å². The number of aromatic nitrogens is 2. The van der Waals surface area contributed by atoms with Crippen molar-refractivity contribution in [2.45, 2.75) is 26.9 Å². The average molecular weight is 272 g/mol. The number of hydrogen-bond donors (Lipinski definition) is 1. The molecule has 1 aromatic carbocycles. The number of nitrogens with zero attached hydrogens (tertiary/aromatic N) is 1. The number of nitrogens with one attached hydrogen (secondary N) is 1. The number of benzene rings is 1. The van der Waals surface area contributed by atoms with Crippen LogP contribution in [0.4, 0.5) is 0 Å². The maximum absolute atomic E-state index is 11.5. The largest absolute Gasteiger partial charge is 0.491 e. The Bertz CT molecular complexity index is 672. The van der Waals surface area contributed by atoms with E-state index >= 15 is 0 Å².